The molecule has 0 amide bonds. The maximum atomic E-state index is 6.04. The van der Waals surface area contributed by atoms with Gasteiger partial charge in [-0.15, -0.1) is 0 Å². The average molecular weight is 276 g/mol. The lowest BCUT2D eigenvalue weighted by Gasteiger charge is -2.46. The third kappa shape index (κ3) is 2.77. The zero-order valence-electron chi connectivity index (χ0n) is 12.7. The summed E-state index contributed by atoms with van der Waals surface area (Å²) in [5.41, 5.74) is 7.98. The Labute approximate surface area is 122 Å². The summed E-state index contributed by atoms with van der Waals surface area (Å²) in [5.74, 6) is 0. The molecule has 3 rings (SSSR count). The first-order valence-electron chi connectivity index (χ1n) is 8.15. The minimum atomic E-state index is 0.352. The van der Waals surface area contributed by atoms with Crippen molar-refractivity contribution in [2.75, 3.05) is 19.6 Å². The molecule has 112 valence electrons. The van der Waals surface area contributed by atoms with Gasteiger partial charge in [0.2, 0.25) is 0 Å². The van der Waals surface area contributed by atoms with Crippen LogP contribution in [0.1, 0.15) is 56.6 Å². The van der Waals surface area contributed by atoms with Gasteiger partial charge in [-0.05, 0) is 44.2 Å². The number of aromatic nitrogens is 2. The molecule has 1 unspecified atom stereocenters. The first kappa shape index (κ1) is 14.1. The van der Waals surface area contributed by atoms with Crippen LogP contribution >= 0.6 is 0 Å². The van der Waals surface area contributed by atoms with Crippen LogP contribution in [-0.2, 0) is 7.05 Å². The highest BCUT2D eigenvalue weighted by Gasteiger charge is 2.37. The largest absolute Gasteiger partial charge is 0.329 e. The minimum absolute atomic E-state index is 0.352. The molecule has 2 aliphatic rings. The molecule has 0 bridgehead atoms. The fourth-order valence-corrected chi connectivity index (χ4v) is 4.22. The highest BCUT2D eigenvalue weighted by Crippen LogP contribution is 2.45. The first-order valence-corrected chi connectivity index (χ1v) is 8.15. The quantitative estimate of drug-likeness (QED) is 0.922. The predicted molar refractivity (Wildman–Crippen MR) is 81.3 cm³/mol. The number of piperidine rings is 1. The summed E-state index contributed by atoms with van der Waals surface area (Å²) in [4.78, 5) is 2.58. The molecule has 2 heterocycles. The van der Waals surface area contributed by atoms with Gasteiger partial charge in [0.05, 0.1) is 12.2 Å². The molecule has 0 aromatic carbocycles. The summed E-state index contributed by atoms with van der Waals surface area (Å²) in [6.45, 7) is 3.10. The molecule has 1 aromatic rings. The van der Waals surface area contributed by atoms with Crippen LogP contribution in [0.3, 0.4) is 0 Å². The second kappa shape index (κ2) is 5.86. The van der Waals surface area contributed by atoms with Crippen LogP contribution in [0.25, 0.3) is 0 Å². The molecule has 4 nitrogen and oxygen atoms in total. The molecule has 4 heteroatoms. The van der Waals surface area contributed by atoms with E-state index >= 15 is 0 Å². The fraction of sp³-hybridized carbons (Fsp3) is 0.812. The maximum Gasteiger partial charge on any atom is 0.0538 e. The van der Waals surface area contributed by atoms with Gasteiger partial charge in [0.1, 0.15) is 0 Å². The van der Waals surface area contributed by atoms with Crippen LogP contribution in [0.4, 0.5) is 0 Å². The molecule has 1 spiro atoms. The summed E-state index contributed by atoms with van der Waals surface area (Å²) in [5, 5.41) is 4.30. The monoisotopic (exact) mass is 276 g/mol. The van der Waals surface area contributed by atoms with Gasteiger partial charge in [-0.2, -0.15) is 5.10 Å². The molecule has 1 aliphatic heterocycles. The molecule has 2 N–H and O–H groups in total. The van der Waals surface area contributed by atoms with Crippen LogP contribution in [0.5, 0.6) is 0 Å². The SMILES string of the molecule is Cn1cc(C(CN)N2CCC3(CCCCC3)CC2)cn1. The number of nitrogens with zero attached hydrogens (tertiary/aromatic N) is 3. The van der Waals surface area contributed by atoms with E-state index in [0.717, 1.165) is 0 Å². The number of nitrogens with two attached hydrogens (primary N) is 1. The number of likely N-dealkylation sites (tertiary alicyclic amines) is 1. The van der Waals surface area contributed by atoms with Gasteiger partial charge in [0.25, 0.3) is 0 Å². The summed E-state index contributed by atoms with van der Waals surface area (Å²) >= 11 is 0. The minimum Gasteiger partial charge on any atom is -0.329 e. The average Bonchev–Trinajstić information content (AvgIpc) is 2.89. The van der Waals surface area contributed by atoms with Gasteiger partial charge in [-0.3, -0.25) is 9.58 Å². The fourth-order valence-electron chi connectivity index (χ4n) is 4.22. The summed E-state index contributed by atoms with van der Waals surface area (Å²) in [6.07, 6.45) is 14.1. The lowest BCUT2D eigenvalue weighted by atomic mass is 9.68. The zero-order chi connectivity index (χ0) is 14.0. The Morgan fingerprint density at radius 2 is 1.90 bits per heavy atom. The van der Waals surface area contributed by atoms with E-state index < -0.39 is 0 Å². The normalized spacial score (nSPS) is 24.9. The molecule has 1 saturated heterocycles. The Kier molecular flexibility index (Phi) is 4.13. The maximum absolute atomic E-state index is 6.04. The van der Waals surface area contributed by atoms with E-state index in [1.54, 1.807) is 0 Å². The molecule has 20 heavy (non-hydrogen) atoms. The third-order valence-corrected chi connectivity index (χ3v) is 5.55. The Hall–Kier alpha value is -0.870. The second-order valence-corrected chi connectivity index (χ2v) is 6.80. The van der Waals surface area contributed by atoms with E-state index in [1.807, 2.05) is 17.9 Å². The van der Waals surface area contributed by atoms with E-state index in [0.29, 0.717) is 18.0 Å². The Bertz CT molecular complexity index is 423. The van der Waals surface area contributed by atoms with Crippen LogP contribution in [-0.4, -0.2) is 34.3 Å². The third-order valence-electron chi connectivity index (χ3n) is 5.55. The highest BCUT2D eigenvalue weighted by atomic mass is 15.3. The van der Waals surface area contributed by atoms with Crippen molar-refractivity contribution in [3.63, 3.8) is 0 Å². The van der Waals surface area contributed by atoms with Crippen LogP contribution in [0.2, 0.25) is 0 Å². The van der Waals surface area contributed by atoms with Crippen molar-refractivity contribution in [3.05, 3.63) is 18.0 Å². The van der Waals surface area contributed by atoms with Gasteiger partial charge < -0.3 is 5.73 Å². The first-order chi connectivity index (χ1) is 9.72. The molecule has 1 aromatic heterocycles. The van der Waals surface area contributed by atoms with Crippen molar-refractivity contribution in [1.29, 1.82) is 0 Å². The molecule has 1 aliphatic carbocycles. The molecule has 0 radical (unpaired) electrons. The second-order valence-electron chi connectivity index (χ2n) is 6.80. The Morgan fingerprint density at radius 3 is 2.45 bits per heavy atom. The van der Waals surface area contributed by atoms with Gasteiger partial charge in [-0.1, -0.05) is 19.3 Å². The summed E-state index contributed by atoms with van der Waals surface area (Å²) in [7, 11) is 1.98. The van der Waals surface area contributed by atoms with Crippen LogP contribution in [0.15, 0.2) is 12.4 Å². The van der Waals surface area contributed by atoms with Crippen LogP contribution < -0.4 is 5.73 Å². The molecule has 1 atom stereocenters. The van der Waals surface area contributed by atoms with Gasteiger partial charge in [0, 0.05) is 25.4 Å². The topological polar surface area (TPSA) is 47.1 Å². The van der Waals surface area contributed by atoms with E-state index in [4.69, 9.17) is 5.73 Å². The van der Waals surface area contributed by atoms with Gasteiger partial charge in [-0.25, -0.2) is 0 Å². The molecule has 2 fully saturated rings. The van der Waals surface area contributed by atoms with Crippen molar-refractivity contribution < 1.29 is 0 Å². The Balaban J connectivity index is 1.64. The lowest BCUT2D eigenvalue weighted by Crippen LogP contribution is -2.44. The van der Waals surface area contributed by atoms with E-state index in [9.17, 15) is 0 Å². The number of hydrogen-bond donors (Lipinski definition) is 1. The van der Waals surface area contributed by atoms with Crippen molar-refractivity contribution in [2.45, 2.75) is 51.0 Å². The lowest BCUT2D eigenvalue weighted by molar-refractivity contribution is 0.0464. The van der Waals surface area contributed by atoms with Crippen molar-refractivity contribution >= 4 is 0 Å². The van der Waals surface area contributed by atoms with E-state index in [-0.39, 0.29) is 0 Å². The van der Waals surface area contributed by atoms with E-state index in [2.05, 4.69) is 16.2 Å². The van der Waals surface area contributed by atoms with Crippen molar-refractivity contribution in [3.8, 4) is 0 Å². The number of rotatable bonds is 3. The molecular formula is C16H28N4. The van der Waals surface area contributed by atoms with Gasteiger partial charge >= 0.3 is 0 Å². The summed E-state index contributed by atoms with van der Waals surface area (Å²) in [6, 6.07) is 0.352. The highest BCUT2D eigenvalue weighted by molar-refractivity contribution is 5.11. The standard InChI is InChI=1S/C16H28N4/c1-19-13-14(12-18-19)15(11-17)20-9-7-16(8-10-20)5-3-2-4-6-16/h12-13,15H,2-11,17H2,1H3. The smallest absolute Gasteiger partial charge is 0.0538 e. The number of hydrogen-bond acceptors (Lipinski definition) is 3. The van der Waals surface area contributed by atoms with Gasteiger partial charge in [0.15, 0.2) is 0 Å². The summed E-state index contributed by atoms with van der Waals surface area (Å²) < 4.78 is 1.88. The van der Waals surface area contributed by atoms with Crippen molar-refractivity contribution in [2.24, 2.45) is 18.2 Å². The zero-order valence-corrected chi connectivity index (χ0v) is 12.7. The predicted octanol–water partition coefficient (Wildman–Crippen LogP) is 2.47. The van der Waals surface area contributed by atoms with Crippen molar-refractivity contribution in [1.82, 2.24) is 14.7 Å². The number of aryl methyl sites for hydroxylation is 1. The molecular weight excluding hydrogens is 248 g/mol. The van der Waals surface area contributed by atoms with E-state index in [1.165, 1.54) is 63.6 Å². The van der Waals surface area contributed by atoms with Crippen LogP contribution in [0, 0.1) is 5.41 Å². The molecule has 1 saturated carbocycles. The Morgan fingerprint density at radius 1 is 1.20 bits per heavy atom.